The molecule has 0 bridgehead atoms. The van der Waals surface area contributed by atoms with Crippen LogP contribution in [0.4, 0.5) is 10.1 Å². The summed E-state index contributed by atoms with van der Waals surface area (Å²) in [4.78, 5) is 27.7. The van der Waals surface area contributed by atoms with Crippen molar-refractivity contribution in [3.8, 4) is 0 Å². The third-order valence-electron chi connectivity index (χ3n) is 6.36. The van der Waals surface area contributed by atoms with Gasteiger partial charge in [-0.1, -0.05) is 30.3 Å². The van der Waals surface area contributed by atoms with Crippen molar-refractivity contribution in [2.75, 3.05) is 4.90 Å². The second-order valence-electron chi connectivity index (χ2n) is 8.54. The number of rotatable bonds is 3. The summed E-state index contributed by atoms with van der Waals surface area (Å²) in [6.45, 7) is 3.88. The average Bonchev–Trinajstić information content (AvgIpc) is 3.34. The number of anilines is 1. The first-order valence-electron chi connectivity index (χ1n) is 11.1. The molecule has 168 valence electrons. The van der Waals surface area contributed by atoms with Crippen LogP contribution < -0.4 is 10.3 Å². The predicted octanol–water partition coefficient (Wildman–Crippen LogP) is 4.79. The van der Waals surface area contributed by atoms with Crippen molar-refractivity contribution in [3.63, 3.8) is 0 Å². The summed E-state index contributed by atoms with van der Waals surface area (Å²) in [5, 5.41) is 4.29. The highest BCUT2D eigenvalue weighted by Gasteiger charge is 2.36. The van der Waals surface area contributed by atoms with Gasteiger partial charge in [0.05, 0.1) is 11.3 Å². The zero-order valence-electron chi connectivity index (χ0n) is 18.5. The van der Waals surface area contributed by atoms with Gasteiger partial charge in [0.25, 0.3) is 11.8 Å². The second-order valence-corrected chi connectivity index (χ2v) is 8.54. The van der Waals surface area contributed by atoms with Gasteiger partial charge in [0.1, 0.15) is 11.6 Å². The lowest BCUT2D eigenvalue weighted by molar-refractivity contribution is 0.0944. The largest absolute Gasteiger partial charge is 0.455 e. The Hall–Kier alpha value is -3.74. The molecule has 1 unspecified atom stereocenters. The zero-order chi connectivity index (χ0) is 23.1. The first-order valence-corrected chi connectivity index (χ1v) is 11.1. The number of carbonyl (C=O) groups is 2. The van der Waals surface area contributed by atoms with Gasteiger partial charge in [-0.3, -0.25) is 9.59 Å². The molecule has 7 heteroatoms. The summed E-state index contributed by atoms with van der Waals surface area (Å²) in [6, 6.07) is 13.7. The summed E-state index contributed by atoms with van der Waals surface area (Å²) >= 11 is 0. The topological polar surface area (TPSA) is 74.9 Å². The Balaban J connectivity index is 1.45. The fourth-order valence-corrected chi connectivity index (χ4v) is 4.79. The fourth-order valence-electron chi connectivity index (χ4n) is 4.79. The average molecular weight is 445 g/mol. The van der Waals surface area contributed by atoms with Gasteiger partial charge in [-0.25, -0.2) is 9.82 Å². The lowest BCUT2D eigenvalue weighted by Crippen LogP contribution is -2.35. The Morgan fingerprint density at radius 1 is 1.12 bits per heavy atom. The standard InChI is InChI=1S/C26H24FN3O3/c1-15-14-17-8-3-6-12-21(17)30(15)26(32)24-16(2)23-20(11-7-13-22(23)33-24)28-29-25(31)18-9-4-5-10-19(18)27/h3-6,8-10,12,15H,7,11,13-14H2,1-2H3,(H,29,31)/b28-20+. The normalized spacial score (nSPS) is 18.2. The van der Waals surface area contributed by atoms with E-state index in [2.05, 4.69) is 10.5 Å². The molecule has 0 radical (unpaired) electrons. The quantitative estimate of drug-likeness (QED) is 0.589. The third-order valence-corrected chi connectivity index (χ3v) is 6.36. The summed E-state index contributed by atoms with van der Waals surface area (Å²) < 4.78 is 20.0. The van der Waals surface area contributed by atoms with Crippen molar-refractivity contribution in [3.05, 3.63) is 88.1 Å². The monoisotopic (exact) mass is 445 g/mol. The number of hydrogen-bond donors (Lipinski definition) is 1. The van der Waals surface area contributed by atoms with Crippen molar-refractivity contribution < 1.29 is 18.4 Å². The van der Waals surface area contributed by atoms with Crippen LogP contribution >= 0.6 is 0 Å². The lowest BCUT2D eigenvalue weighted by Gasteiger charge is -2.21. The van der Waals surface area contributed by atoms with E-state index < -0.39 is 11.7 Å². The fraction of sp³-hybridized carbons (Fsp3) is 0.269. The Morgan fingerprint density at radius 3 is 2.70 bits per heavy atom. The van der Waals surface area contributed by atoms with Gasteiger partial charge in [-0.2, -0.15) is 5.10 Å². The van der Waals surface area contributed by atoms with Crippen LogP contribution in [0.1, 0.15) is 63.1 Å². The number of nitrogens with one attached hydrogen (secondary N) is 1. The number of fused-ring (bicyclic) bond motifs is 2. The summed E-state index contributed by atoms with van der Waals surface area (Å²) in [5.41, 5.74) is 6.56. The number of aryl methyl sites for hydroxylation is 1. The molecular formula is C26H24FN3O3. The van der Waals surface area contributed by atoms with Crippen LogP contribution in [0.3, 0.4) is 0 Å². The van der Waals surface area contributed by atoms with E-state index >= 15 is 0 Å². The van der Waals surface area contributed by atoms with Crippen molar-refractivity contribution in [2.24, 2.45) is 5.10 Å². The number of furan rings is 1. The number of para-hydroxylation sites is 1. The molecule has 6 nitrogen and oxygen atoms in total. The summed E-state index contributed by atoms with van der Waals surface area (Å²) in [6.07, 6.45) is 2.90. The maximum atomic E-state index is 13.9. The van der Waals surface area contributed by atoms with Crippen LogP contribution in [0.2, 0.25) is 0 Å². The molecule has 33 heavy (non-hydrogen) atoms. The molecule has 1 atom stereocenters. The maximum Gasteiger partial charge on any atom is 0.294 e. The molecule has 0 spiro atoms. The molecule has 2 aromatic carbocycles. The van der Waals surface area contributed by atoms with Gasteiger partial charge in [0.15, 0.2) is 5.76 Å². The number of nitrogens with zero attached hydrogens (tertiary/aromatic N) is 2. The number of amides is 2. The maximum absolute atomic E-state index is 13.9. The number of hydrogen-bond acceptors (Lipinski definition) is 4. The van der Waals surface area contributed by atoms with Crippen LogP contribution in [-0.4, -0.2) is 23.6 Å². The van der Waals surface area contributed by atoms with Crippen LogP contribution in [0.5, 0.6) is 0 Å². The Bertz CT molecular complexity index is 1290. The van der Waals surface area contributed by atoms with Crippen molar-refractivity contribution in [1.29, 1.82) is 0 Å². The molecule has 1 aliphatic heterocycles. The number of hydrazone groups is 1. The van der Waals surface area contributed by atoms with Gasteiger partial charge in [-0.05, 0) is 56.9 Å². The van der Waals surface area contributed by atoms with Crippen molar-refractivity contribution >= 4 is 23.2 Å². The minimum Gasteiger partial charge on any atom is -0.455 e. The van der Waals surface area contributed by atoms with E-state index in [0.29, 0.717) is 35.6 Å². The van der Waals surface area contributed by atoms with E-state index in [9.17, 15) is 14.0 Å². The SMILES string of the molecule is Cc1c(C(=O)N2c3ccccc3CC2C)oc2c1/C(=N/NC(=O)c1ccccc1F)CCC2. The molecule has 1 N–H and O–H groups in total. The molecule has 0 fully saturated rings. The Kier molecular flexibility index (Phi) is 5.32. The van der Waals surface area contributed by atoms with Crippen molar-refractivity contribution in [2.45, 2.75) is 45.6 Å². The van der Waals surface area contributed by atoms with E-state index in [1.54, 1.807) is 11.0 Å². The summed E-state index contributed by atoms with van der Waals surface area (Å²) in [5.74, 6) is -0.395. The zero-order valence-corrected chi connectivity index (χ0v) is 18.5. The molecule has 1 aliphatic carbocycles. The van der Waals surface area contributed by atoms with Crippen LogP contribution in [-0.2, 0) is 12.8 Å². The minimum absolute atomic E-state index is 0.0321. The van der Waals surface area contributed by atoms with Gasteiger partial charge >= 0.3 is 0 Å². The van der Waals surface area contributed by atoms with Gasteiger partial charge < -0.3 is 9.32 Å². The van der Waals surface area contributed by atoms with Gasteiger partial charge in [-0.15, -0.1) is 0 Å². The van der Waals surface area contributed by atoms with E-state index in [1.165, 1.54) is 18.2 Å². The Labute approximate surface area is 191 Å². The van der Waals surface area contributed by atoms with Crippen LogP contribution in [0, 0.1) is 12.7 Å². The number of benzene rings is 2. The van der Waals surface area contributed by atoms with E-state index in [0.717, 1.165) is 29.7 Å². The van der Waals surface area contributed by atoms with Crippen molar-refractivity contribution in [1.82, 2.24) is 5.43 Å². The van der Waals surface area contributed by atoms with Crippen LogP contribution in [0.15, 0.2) is 58.0 Å². The van der Waals surface area contributed by atoms with E-state index in [-0.39, 0.29) is 17.5 Å². The molecule has 1 aromatic heterocycles. The smallest absolute Gasteiger partial charge is 0.294 e. The predicted molar refractivity (Wildman–Crippen MR) is 123 cm³/mol. The third kappa shape index (κ3) is 3.63. The number of halogens is 1. The molecule has 0 saturated heterocycles. The van der Waals surface area contributed by atoms with Gasteiger partial charge in [0, 0.05) is 29.3 Å². The highest BCUT2D eigenvalue weighted by Crippen LogP contribution is 2.36. The molecule has 3 aromatic rings. The summed E-state index contributed by atoms with van der Waals surface area (Å²) in [7, 11) is 0. The highest BCUT2D eigenvalue weighted by molar-refractivity contribution is 6.11. The molecule has 5 rings (SSSR count). The lowest BCUT2D eigenvalue weighted by atomic mass is 9.93. The molecule has 2 heterocycles. The molecule has 2 amide bonds. The highest BCUT2D eigenvalue weighted by atomic mass is 19.1. The van der Waals surface area contributed by atoms with Crippen LogP contribution in [0.25, 0.3) is 0 Å². The molecular weight excluding hydrogens is 421 g/mol. The minimum atomic E-state index is -0.618. The molecule has 0 saturated carbocycles. The van der Waals surface area contributed by atoms with E-state index in [4.69, 9.17) is 4.42 Å². The first kappa shape index (κ1) is 21.1. The number of carbonyl (C=O) groups excluding carboxylic acids is 2. The first-order chi connectivity index (χ1) is 16.0. The van der Waals surface area contributed by atoms with E-state index in [1.807, 2.05) is 38.1 Å². The Morgan fingerprint density at radius 2 is 1.88 bits per heavy atom. The molecule has 2 aliphatic rings. The van der Waals surface area contributed by atoms with Gasteiger partial charge in [0.2, 0.25) is 0 Å². The second kappa shape index (κ2) is 8.31.